The number of benzene rings is 1. The molecule has 1 aromatic rings. The van der Waals surface area contributed by atoms with Crippen molar-refractivity contribution in [3.8, 4) is 0 Å². The molecule has 2 heterocycles. The van der Waals surface area contributed by atoms with Gasteiger partial charge in [-0.1, -0.05) is 19.1 Å². The normalized spacial score (nSPS) is 21.1. The predicted molar refractivity (Wildman–Crippen MR) is 130 cm³/mol. The van der Waals surface area contributed by atoms with Gasteiger partial charge in [0.1, 0.15) is 5.82 Å². The SMILES string of the molecule is CCCNC(=O)N1CCN(CC2=C(C(=O)OCC)[C@H](c3cccc(F)c3)NC(=O)N2CC)C[C@@H]1C. The zero-order valence-electron chi connectivity index (χ0n) is 21.0. The molecule has 0 aliphatic carbocycles. The summed E-state index contributed by atoms with van der Waals surface area (Å²) in [6.45, 7) is 10.7. The number of hydrogen-bond donors (Lipinski definition) is 2. The molecular weight excluding hydrogens is 453 g/mol. The van der Waals surface area contributed by atoms with E-state index < -0.39 is 17.8 Å². The van der Waals surface area contributed by atoms with Crippen molar-refractivity contribution < 1.29 is 23.5 Å². The molecule has 0 saturated carbocycles. The minimum Gasteiger partial charge on any atom is -0.463 e. The summed E-state index contributed by atoms with van der Waals surface area (Å²) in [5.74, 6) is -0.994. The van der Waals surface area contributed by atoms with Gasteiger partial charge in [-0.05, 0) is 44.9 Å². The van der Waals surface area contributed by atoms with E-state index in [1.54, 1.807) is 19.1 Å². The molecule has 9 nitrogen and oxygen atoms in total. The van der Waals surface area contributed by atoms with Gasteiger partial charge in [0.15, 0.2) is 0 Å². The Balaban J connectivity index is 1.93. The lowest BCUT2D eigenvalue weighted by Crippen LogP contribution is -2.58. The van der Waals surface area contributed by atoms with Crippen LogP contribution in [-0.2, 0) is 9.53 Å². The van der Waals surface area contributed by atoms with Gasteiger partial charge in [-0.15, -0.1) is 0 Å². The Morgan fingerprint density at radius 3 is 2.63 bits per heavy atom. The maximum absolute atomic E-state index is 14.0. The maximum Gasteiger partial charge on any atom is 0.338 e. The number of nitrogens with one attached hydrogen (secondary N) is 2. The highest BCUT2D eigenvalue weighted by atomic mass is 19.1. The zero-order valence-corrected chi connectivity index (χ0v) is 21.0. The van der Waals surface area contributed by atoms with Crippen molar-refractivity contribution in [1.82, 2.24) is 25.3 Å². The van der Waals surface area contributed by atoms with Crippen molar-refractivity contribution >= 4 is 18.0 Å². The number of carbonyl (C=O) groups excluding carboxylic acids is 3. The molecule has 1 fully saturated rings. The summed E-state index contributed by atoms with van der Waals surface area (Å²) < 4.78 is 19.4. The Bertz CT molecular complexity index is 969. The van der Waals surface area contributed by atoms with Crippen molar-refractivity contribution in [1.29, 1.82) is 0 Å². The van der Waals surface area contributed by atoms with E-state index in [4.69, 9.17) is 4.74 Å². The van der Waals surface area contributed by atoms with Gasteiger partial charge in [0.05, 0.1) is 18.2 Å². The Morgan fingerprint density at radius 1 is 1.23 bits per heavy atom. The maximum atomic E-state index is 14.0. The van der Waals surface area contributed by atoms with E-state index >= 15 is 0 Å². The number of carbonyl (C=O) groups is 3. The molecule has 0 spiro atoms. The summed E-state index contributed by atoms with van der Waals surface area (Å²) in [6, 6.07) is 4.57. The lowest BCUT2D eigenvalue weighted by Gasteiger charge is -2.42. The average molecular weight is 490 g/mol. The summed E-state index contributed by atoms with van der Waals surface area (Å²) in [7, 11) is 0. The minimum atomic E-state index is -0.825. The van der Waals surface area contributed by atoms with Crippen molar-refractivity contribution in [3.05, 3.63) is 46.9 Å². The molecule has 2 atom stereocenters. The quantitative estimate of drug-likeness (QED) is 0.548. The van der Waals surface area contributed by atoms with E-state index in [1.807, 2.05) is 25.7 Å². The summed E-state index contributed by atoms with van der Waals surface area (Å²) >= 11 is 0. The Morgan fingerprint density at radius 2 is 2.00 bits per heavy atom. The van der Waals surface area contributed by atoms with Crippen LogP contribution in [0.2, 0.25) is 0 Å². The molecule has 2 N–H and O–H groups in total. The number of halogens is 1. The van der Waals surface area contributed by atoms with Crippen LogP contribution in [0, 0.1) is 5.82 Å². The number of urea groups is 2. The Labute approximate surface area is 206 Å². The van der Waals surface area contributed by atoms with Gasteiger partial charge in [-0.3, -0.25) is 9.80 Å². The number of rotatable bonds is 8. The first-order valence-electron chi connectivity index (χ1n) is 12.3. The van der Waals surface area contributed by atoms with Crippen molar-refractivity contribution in [2.75, 3.05) is 45.9 Å². The van der Waals surface area contributed by atoms with Crippen LogP contribution >= 0.6 is 0 Å². The van der Waals surface area contributed by atoms with E-state index in [2.05, 4.69) is 15.5 Å². The molecule has 2 aliphatic heterocycles. The monoisotopic (exact) mass is 489 g/mol. The molecule has 2 aliphatic rings. The highest BCUT2D eigenvalue weighted by molar-refractivity contribution is 5.95. The highest BCUT2D eigenvalue weighted by Crippen LogP contribution is 2.32. The standard InChI is InChI=1S/C25H36FN5O4/c1-5-11-27-24(33)31-13-12-29(15-17(31)4)16-20-21(23(32)35-7-3)22(28-25(34)30(20)6-2)18-9-8-10-19(26)14-18/h8-10,14,17,22H,5-7,11-13,15-16H2,1-4H3,(H,27,33)(H,28,34)/t17-,22-/m0/s1. The zero-order chi connectivity index (χ0) is 25.5. The molecule has 0 aromatic heterocycles. The molecule has 1 aromatic carbocycles. The van der Waals surface area contributed by atoms with Crippen LogP contribution in [-0.4, -0.2) is 84.6 Å². The van der Waals surface area contributed by atoms with E-state index in [9.17, 15) is 18.8 Å². The lowest BCUT2D eigenvalue weighted by atomic mass is 9.94. The lowest BCUT2D eigenvalue weighted by molar-refractivity contribution is -0.139. The molecule has 3 rings (SSSR count). The first-order valence-corrected chi connectivity index (χ1v) is 12.3. The summed E-state index contributed by atoms with van der Waals surface area (Å²) in [5, 5.41) is 5.77. The summed E-state index contributed by atoms with van der Waals surface area (Å²) in [5.41, 5.74) is 1.31. The number of esters is 1. The van der Waals surface area contributed by atoms with E-state index in [-0.39, 0.29) is 24.7 Å². The Hall–Kier alpha value is -3.14. The highest BCUT2D eigenvalue weighted by Gasteiger charge is 2.39. The third-order valence-electron chi connectivity index (χ3n) is 6.30. The van der Waals surface area contributed by atoms with Crippen LogP contribution in [0.15, 0.2) is 35.5 Å². The van der Waals surface area contributed by atoms with Crippen LogP contribution in [0.5, 0.6) is 0 Å². The van der Waals surface area contributed by atoms with Crippen molar-refractivity contribution in [2.24, 2.45) is 0 Å². The first kappa shape index (κ1) is 26.5. The number of nitrogens with zero attached hydrogens (tertiary/aromatic N) is 3. The first-order chi connectivity index (χ1) is 16.8. The molecule has 35 heavy (non-hydrogen) atoms. The second-order valence-electron chi connectivity index (χ2n) is 8.77. The molecular formula is C25H36FN5O4. The van der Waals surface area contributed by atoms with Gasteiger partial charge >= 0.3 is 18.0 Å². The van der Waals surface area contributed by atoms with Crippen molar-refractivity contribution in [2.45, 2.75) is 46.2 Å². The average Bonchev–Trinajstić information content (AvgIpc) is 2.82. The summed E-state index contributed by atoms with van der Waals surface area (Å²) in [6.07, 6.45) is 0.867. The van der Waals surface area contributed by atoms with Crippen LogP contribution < -0.4 is 10.6 Å². The second-order valence-corrected chi connectivity index (χ2v) is 8.77. The third kappa shape index (κ3) is 6.11. The van der Waals surface area contributed by atoms with Gasteiger partial charge in [0.2, 0.25) is 0 Å². The molecule has 4 amide bonds. The molecule has 0 bridgehead atoms. The van der Waals surface area contributed by atoms with E-state index in [0.717, 1.165) is 6.42 Å². The van der Waals surface area contributed by atoms with Gasteiger partial charge in [-0.2, -0.15) is 0 Å². The fraction of sp³-hybridized carbons (Fsp3) is 0.560. The third-order valence-corrected chi connectivity index (χ3v) is 6.30. The number of ether oxygens (including phenoxy) is 1. The smallest absolute Gasteiger partial charge is 0.338 e. The van der Waals surface area contributed by atoms with Crippen LogP contribution in [0.3, 0.4) is 0 Å². The van der Waals surface area contributed by atoms with Gasteiger partial charge in [-0.25, -0.2) is 18.8 Å². The van der Waals surface area contributed by atoms with E-state index in [1.165, 1.54) is 17.0 Å². The molecule has 0 radical (unpaired) electrons. The molecule has 10 heteroatoms. The van der Waals surface area contributed by atoms with Gasteiger partial charge < -0.3 is 20.3 Å². The molecule has 192 valence electrons. The van der Waals surface area contributed by atoms with Gasteiger partial charge in [0.25, 0.3) is 0 Å². The Kier molecular flexibility index (Phi) is 9.08. The number of likely N-dealkylation sites (N-methyl/N-ethyl adjacent to an activating group) is 1. The topological polar surface area (TPSA) is 94.2 Å². The number of hydrogen-bond acceptors (Lipinski definition) is 5. The fourth-order valence-corrected chi connectivity index (χ4v) is 4.62. The van der Waals surface area contributed by atoms with Crippen LogP contribution in [0.4, 0.5) is 14.0 Å². The van der Waals surface area contributed by atoms with Gasteiger partial charge in [0, 0.05) is 51.0 Å². The number of piperazine rings is 1. The van der Waals surface area contributed by atoms with E-state index in [0.29, 0.717) is 56.1 Å². The van der Waals surface area contributed by atoms with Crippen LogP contribution in [0.1, 0.15) is 45.7 Å². The number of amides is 4. The minimum absolute atomic E-state index is 0.0428. The van der Waals surface area contributed by atoms with Crippen LogP contribution in [0.25, 0.3) is 0 Å². The molecule has 1 saturated heterocycles. The molecule has 0 unspecified atom stereocenters. The largest absolute Gasteiger partial charge is 0.463 e. The predicted octanol–water partition coefficient (Wildman–Crippen LogP) is 2.85. The fourth-order valence-electron chi connectivity index (χ4n) is 4.62. The second kappa shape index (κ2) is 12.0. The summed E-state index contributed by atoms with van der Waals surface area (Å²) in [4.78, 5) is 44.2. The van der Waals surface area contributed by atoms with Crippen molar-refractivity contribution in [3.63, 3.8) is 0 Å².